The van der Waals surface area contributed by atoms with Gasteiger partial charge in [-0.2, -0.15) is 0 Å². The third-order valence-electron chi connectivity index (χ3n) is 3.41. The molecule has 1 aromatic rings. The van der Waals surface area contributed by atoms with E-state index >= 15 is 0 Å². The molecule has 16 heavy (non-hydrogen) atoms. The lowest BCUT2D eigenvalue weighted by Gasteiger charge is -2.26. The highest BCUT2D eigenvalue weighted by molar-refractivity contribution is 7.10. The van der Waals surface area contributed by atoms with Gasteiger partial charge in [0.25, 0.3) is 0 Å². The summed E-state index contributed by atoms with van der Waals surface area (Å²) < 4.78 is 0. The first-order valence-corrected chi connectivity index (χ1v) is 7.24. The standard InChI is InChI=1S/C13H22N2S/c1-3-12(13-6-5-9-16-13)15-8-7-11(10-15)14-4-2/h5-6,9,11-12,14H,3-4,7-8,10H2,1-2H3. The van der Waals surface area contributed by atoms with Crippen molar-refractivity contribution < 1.29 is 0 Å². The van der Waals surface area contributed by atoms with Gasteiger partial charge in [0.05, 0.1) is 0 Å². The fraction of sp³-hybridized carbons (Fsp3) is 0.692. The number of likely N-dealkylation sites (tertiary alicyclic amines) is 1. The Morgan fingerprint density at radius 1 is 1.56 bits per heavy atom. The minimum absolute atomic E-state index is 0.642. The Hall–Kier alpha value is -0.380. The zero-order chi connectivity index (χ0) is 11.4. The van der Waals surface area contributed by atoms with E-state index < -0.39 is 0 Å². The number of nitrogens with one attached hydrogen (secondary N) is 1. The van der Waals surface area contributed by atoms with Crippen LogP contribution in [0.3, 0.4) is 0 Å². The second kappa shape index (κ2) is 5.80. The summed E-state index contributed by atoms with van der Waals surface area (Å²) in [5.41, 5.74) is 0. The smallest absolute Gasteiger partial charge is 0.0439 e. The molecule has 1 fully saturated rings. The molecule has 0 spiro atoms. The summed E-state index contributed by atoms with van der Waals surface area (Å²) in [4.78, 5) is 4.17. The van der Waals surface area contributed by atoms with Crippen LogP contribution in [0.2, 0.25) is 0 Å². The van der Waals surface area contributed by atoms with Gasteiger partial charge in [0.1, 0.15) is 0 Å². The highest BCUT2D eigenvalue weighted by Gasteiger charge is 2.27. The molecule has 2 heterocycles. The fourth-order valence-electron chi connectivity index (χ4n) is 2.65. The van der Waals surface area contributed by atoms with Crippen LogP contribution in [-0.4, -0.2) is 30.6 Å². The SMILES string of the molecule is CCNC1CCN(C(CC)c2cccs2)C1. The third-order valence-corrected chi connectivity index (χ3v) is 4.39. The first-order chi connectivity index (χ1) is 7.85. The van der Waals surface area contributed by atoms with E-state index in [2.05, 4.69) is 41.6 Å². The Morgan fingerprint density at radius 2 is 2.44 bits per heavy atom. The van der Waals surface area contributed by atoms with E-state index in [4.69, 9.17) is 0 Å². The summed E-state index contributed by atoms with van der Waals surface area (Å²) in [6.07, 6.45) is 2.52. The minimum atomic E-state index is 0.642. The molecule has 3 heteroatoms. The first kappa shape index (κ1) is 12.1. The van der Waals surface area contributed by atoms with Crippen LogP contribution in [0.5, 0.6) is 0 Å². The van der Waals surface area contributed by atoms with Gasteiger partial charge in [-0.1, -0.05) is 19.9 Å². The van der Waals surface area contributed by atoms with E-state index in [-0.39, 0.29) is 0 Å². The summed E-state index contributed by atoms with van der Waals surface area (Å²) in [6, 6.07) is 5.79. The monoisotopic (exact) mass is 238 g/mol. The molecular weight excluding hydrogens is 216 g/mol. The van der Waals surface area contributed by atoms with Crippen molar-refractivity contribution in [3.05, 3.63) is 22.4 Å². The molecule has 2 unspecified atom stereocenters. The number of hydrogen-bond acceptors (Lipinski definition) is 3. The van der Waals surface area contributed by atoms with Crippen molar-refractivity contribution in [2.45, 2.75) is 38.8 Å². The Kier molecular flexibility index (Phi) is 4.38. The van der Waals surface area contributed by atoms with Crippen LogP contribution >= 0.6 is 11.3 Å². The molecule has 0 aromatic carbocycles. The summed E-state index contributed by atoms with van der Waals surface area (Å²) >= 11 is 1.89. The van der Waals surface area contributed by atoms with Gasteiger partial charge < -0.3 is 5.32 Å². The molecule has 1 aliphatic heterocycles. The van der Waals surface area contributed by atoms with Gasteiger partial charge in [0.2, 0.25) is 0 Å². The van der Waals surface area contributed by atoms with Gasteiger partial charge in [0, 0.05) is 30.1 Å². The topological polar surface area (TPSA) is 15.3 Å². The van der Waals surface area contributed by atoms with Gasteiger partial charge in [-0.3, -0.25) is 4.90 Å². The maximum absolute atomic E-state index is 3.56. The van der Waals surface area contributed by atoms with Crippen molar-refractivity contribution in [3.63, 3.8) is 0 Å². The lowest BCUT2D eigenvalue weighted by molar-refractivity contribution is 0.237. The predicted molar refractivity (Wildman–Crippen MR) is 71.0 cm³/mol. The molecular formula is C13H22N2S. The van der Waals surface area contributed by atoms with Gasteiger partial charge in [0.15, 0.2) is 0 Å². The quantitative estimate of drug-likeness (QED) is 0.848. The molecule has 2 rings (SSSR count). The molecule has 0 radical (unpaired) electrons. The Morgan fingerprint density at radius 3 is 3.06 bits per heavy atom. The van der Waals surface area contributed by atoms with E-state index in [1.54, 1.807) is 0 Å². The second-order valence-electron chi connectivity index (χ2n) is 4.48. The first-order valence-electron chi connectivity index (χ1n) is 6.36. The van der Waals surface area contributed by atoms with Crippen molar-refractivity contribution in [3.8, 4) is 0 Å². The number of hydrogen-bond donors (Lipinski definition) is 1. The van der Waals surface area contributed by atoms with Crippen LogP contribution in [-0.2, 0) is 0 Å². The minimum Gasteiger partial charge on any atom is -0.313 e. The zero-order valence-corrected chi connectivity index (χ0v) is 11.1. The van der Waals surface area contributed by atoms with Crippen LogP contribution in [0.4, 0.5) is 0 Å². The van der Waals surface area contributed by atoms with E-state index in [0.717, 1.165) is 6.54 Å². The lowest BCUT2D eigenvalue weighted by Crippen LogP contribution is -2.33. The molecule has 0 aliphatic carbocycles. The van der Waals surface area contributed by atoms with Crippen molar-refractivity contribution in [2.75, 3.05) is 19.6 Å². The maximum atomic E-state index is 3.56. The zero-order valence-electron chi connectivity index (χ0n) is 10.3. The van der Waals surface area contributed by atoms with Gasteiger partial charge in [-0.15, -0.1) is 11.3 Å². The van der Waals surface area contributed by atoms with E-state index in [9.17, 15) is 0 Å². The van der Waals surface area contributed by atoms with E-state index in [1.165, 1.54) is 30.8 Å². The largest absolute Gasteiger partial charge is 0.313 e. The average Bonchev–Trinajstić information content (AvgIpc) is 2.92. The van der Waals surface area contributed by atoms with E-state index in [0.29, 0.717) is 12.1 Å². The molecule has 2 atom stereocenters. The summed E-state index contributed by atoms with van der Waals surface area (Å²) in [5.74, 6) is 0. The predicted octanol–water partition coefficient (Wildman–Crippen LogP) is 2.88. The fourth-order valence-corrected chi connectivity index (χ4v) is 3.59. The molecule has 0 bridgehead atoms. The molecule has 0 amide bonds. The second-order valence-corrected chi connectivity index (χ2v) is 5.46. The lowest BCUT2D eigenvalue weighted by atomic mass is 10.1. The number of likely N-dealkylation sites (N-methyl/N-ethyl adjacent to an activating group) is 1. The molecule has 2 nitrogen and oxygen atoms in total. The van der Waals surface area contributed by atoms with Crippen molar-refractivity contribution in [2.24, 2.45) is 0 Å². The average molecular weight is 238 g/mol. The van der Waals surface area contributed by atoms with Crippen LogP contribution < -0.4 is 5.32 Å². The van der Waals surface area contributed by atoms with Gasteiger partial charge in [-0.25, -0.2) is 0 Å². The molecule has 1 saturated heterocycles. The molecule has 1 N–H and O–H groups in total. The Balaban J connectivity index is 1.96. The number of thiophene rings is 1. The highest BCUT2D eigenvalue weighted by atomic mass is 32.1. The Labute approximate surface area is 103 Å². The Bertz CT molecular complexity index is 297. The van der Waals surface area contributed by atoms with Crippen LogP contribution in [0.1, 0.15) is 37.6 Å². The van der Waals surface area contributed by atoms with Gasteiger partial charge >= 0.3 is 0 Å². The van der Waals surface area contributed by atoms with Crippen molar-refractivity contribution >= 4 is 11.3 Å². The van der Waals surface area contributed by atoms with Crippen LogP contribution in [0.25, 0.3) is 0 Å². The molecule has 0 saturated carbocycles. The van der Waals surface area contributed by atoms with Crippen molar-refractivity contribution in [1.82, 2.24) is 10.2 Å². The van der Waals surface area contributed by atoms with Crippen LogP contribution in [0.15, 0.2) is 17.5 Å². The molecule has 90 valence electrons. The summed E-state index contributed by atoms with van der Waals surface area (Å²) in [7, 11) is 0. The van der Waals surface area contributed by atoms with Gasteiger partial charge in [-0.05, 0) is 30.8 Å². The third kappa shape index (κ3) is 2.65. The van der Waals surface area contributed by atoms with Crippen LogP contribution in [0, 0.1) is 0 Å². The molecule has 1 aliphatic rings. The number of nitrogens with zero attached hydrogens (tertiary/aromatic N) is 1. The number of rotatable bonds is 5. The summed E-state index contributed by atoms with van der Waals surface area (Å²) in [5, 5.41) is 5.75. The van der Waals surface area contributed by atoms with Crippen molar-refractivity contribution in [1.29, 1.82) is 0 Å². The highest BCUT2D eigenvalue weighted by Crippen LogP contribution is 2.30. The summed E-state index contributed by atoms with van der Waals surface area (Å²) in [6.45, 7) is 8.04. The molecule has 1 aromatic heterocycles. The van der Waals surface area contributed by atoms with E-state index in [1.807, 2.05) is 11.3 Å². The maximum Gasteiger partial charge on any atom is 0.0439 e. The normalized spacial score (nSPS) is 23.8.